The Balaban J connectivity index is 3.51. The molecule has 2 atom stereocenters. The molecule has 0 saturated carbocycles. The van der Waals surface area contributed by atoms with Crippen LogP contribution in [0, 0.1) is 11.8 Å². The van der Waals surface area contributed by atoms with Gasteiger partial charge in [-0.25, -0.2) is 0 Å². The van der Waals surface area contributed by atoms with E-state index >= 15 is 0 Å². The van der Waals surface area contributed by atoms with Crippen molar-refractivity contribution in [2.24, 2.45) is 11.8 Å². The summed E-state index contributed by atoms with van der Waals surface area (Å²) in [6.45, 7) is 4.31. The van der Waals surface area contributed by atoms with E-state index in [4.69, 9.17) is 0 Å². The van der Waals surface area contributed by atoms with E-state index < -0.39 is 5.97 Å². The molecule has 3 heteroatoms. The minimum atomic E-state index is -0.692. The van der Waals surface area contributed by atoms with Crippen molar-refractivity contribution in [1.29, 1.82) is 0 Å². The van der Waals surface area contributed by atoms with E-state index in [1.54, 1.807) is 0 Å². The molecule has 0 heterocycles. The first-order chi connectivity index (χ1) is 10.1. The Morgan fingerprint density at radius 3 is 1.90 bits per heavy atom. The van der Waals surface area contributed by atoms with Crippen LogP contribution < -0.4 is 0 Å². The quantitative estimate of drug-likeness (QED) is 0.260. The molecule has 124 valence electrons. The van der Waals surface area contributed by atoms with E-state index in [0.717, 1.165) is 12.8 Å². The van der Waals surface area contributed by atoms with Crippen LogP contribution in [0.1, 0.15) is 84.5 Å². The highest BCUT2D eigenvalue weighted by molar-refractivity contribution is 14.1. The van der Waals surface area contributed by atoms with Crippen LogP contribution in [-0.2, 0) is 4.79 Å². The minimum Gasteiger partial charge on any atom is -0.481 e. The average Bonchev–Trinajstić information content (AvgIpc) is 2.46. The lowest BCUT2D eigenvalue weighted by molar-refractivity contribution is -0.141. The van der Waals surface area contributed by atoms with Gasteiger partial charge in [-0.05, 0) is 16.4 Å². The third kappa shape index (κ3) is 12.2. The Hall–Kier alpha value is -0.0600. The molecule has 0 rings (SSSR count). The zero-order chi connectivity index (χ0) is 15.9. The lowest BCUT2D eigenvalue weighted by Crippen LogP contribution is -2.19. The van der Waals surface area contributed by atoms with Crippen LogP contribution in [0.15, 0.2) is 10.2 Å². The Kier molecular flexibility index (Phi) is 14.8. The molecule has 0 aromatic rings. The van der Waals surface area contributed by atoms with Crippen LogP contribution in [0.3, 0.4) is 0 Å². The van der Waals surface area contributed by atoms with Crippen molar-refractivity contribution in [3.63, 3.8) is 0 Å². The summed E-state index contributed by atoms with van der Waals surface area (Å²) in [6.07, 6.45) is 16.1. The molecule has 0 aromatic heterocycles. The maximum absolute atomic E-state index is 11.2. The van der Waals surface area contributed by atoms with E-state index in [1.807, 2.05) is 10.2 Å². The van der Waals surface area contributed by atoms with Gasteiger partial charge in [-0.2, -0.15) is 0 Å². The molecule has 21 heavy (non-hydrogen) atoms. The van der Waals surface area contributed by atoms with Crippen molar-refractivity contribution >= 4 is 28.6 Å². The van der Waals surface area contributed by atoms with Crippen molar-refractivity contribution in [2.75, 3.05) is 0 Å². The van der Waals surface area contributed by atoms with Crippen LogP contribution in [0.4, 0.5) is 0 Å². The molecule has 0 aromatic carbocycles. The zero-order valence-electron chi connectivity index (χ0n) is 13.8. The second-order valence-electron chi connectivity index (χ2n) is 6.13. The molecule has 0 aliphatic rings. The lowest BCUT2D eigenvalue weighted by atomic mass is 9.89. The number of halogens is 1. The van der Waals surface area contributed by atoms with Crippen LogP contribution >= 0.6 is 22.6 Å². The van der Waals surface area contributed by atoms with Crippen molar-refractivity contribution in [1.82, 2.24) is 0 Å². The first-order valence-electron chi connectivity index (χ1n) is 8.63. The van der Waals surface area contributed by atoms with Crippen molar-refractivity contribution in [2.45, 2.75) is 84.5 Å². The molecule has 0 bridgehead atoms. The SMILES string of the molecule is CCCCCCCCCCCCC(C)C(C=CI)C(=O)O. The number of unbranched alkanes of at least 4 members (excludes halogenated alkanes) is 9. The monoisotopic (exact) mass is 408 g/mol. The molecular weight excluding hydrogens is 375 g/mol. The summed E-state index contributed by atoms with van der Waals surface area (Å²) in [6, 6.07) is 0. The van der Waals surface area contributed by atoms with Crippen molar-refractivity contribution in [3.8, 4) is 0 Å². The van der Waals surface area contributed by atoms with Gasteiger partial charge in [0.15, 0.2) is 0 Å². The summed E-state index contributed by atoms with van der Waals surface area (Å²) in [7, 11) is 0. The third-order valence-electron chi connectivity index (χ3n) is 4.19. The van der Waals surface area contributed by atoms with Gasteiger partial charge in [0, 0.05) is 0 Å². The molecule has 0 amide bonds. The zero-order valence-corrected chi connectivity index (χ0v) is 16.0. The van der Waals surface area contributed by atoms with E-state index in [0.29, 0.717) is 0 Å². The summed E-state index contributed by atoms with van der Waals surface area (Å²) < 4.78 is 1.82. The Morgan fingerprint density at radius 1 is 1.00 bits per heavy atom. The number of hydrogen-bond donors (Lipinski definition) is 1. The van der Waals surface area contributed by atoms with Gasteiger partial charge < -0.3 is 5.11 Å². The van der Waals surface area contributed by atoms with Crippen LogP contribution in [0.25, 0.3) is 0 Å². The maximum Gasteiger partial charge on any atom is 0.310 e. The van der Waals surface area contributed by atoms with Gasteiger partial charge in [-0.1, -0.05) is 107 Å². The second-order valence-corrected chi connectivity index (χ2v) is 6.85. The number of aliphatic carboxylic acids is 1. The van der Waals surface area contributed by atoms with Gasteiger partial charge in [0.1, 0.15) is 0 Å². The van der Waals surface area contributed by atoms with Gasteiger partial charge in [0.2, 0.25) is 0 Å². The topological polar surface area (TPSA) is 37.3 Å². The second kappa shape index (κ2) is 14.9. The normalized spacial score (nSPS) is 14.4. The summed E-state index contributed by atoms with van der Waals surface area (Å²) in [5.41, 5.74) is 0. The largest absolute Gasteiger partial charge is 0.481 e. The van der Waals surface area contributed by atoms with Gasteiger partial charge in [-0.15, -0.1) is 0 Å². The van der Waals surface area contributed by atoms with Gasteiger partial charge in [0.05, 0.1) is 5.92 Å². The number of carboxylic acid groups (broad SMARTS) is 1. The summed E-state index contributed by atoms with van der Waals surface area (Å²) in [5, 5.41) is 9.18. The fourth-order valence-electron chi connectivity index (χ4n) is 2.73. The van der Waals surface area contributed by atoms with Crippen LogP contribution in [0.5, 0.6) is 0 Å². The molecule has 2 unspecified atom stereocenters. The molecule has 0 fully saturated rings. The summed E-state index contributed by atoms with van der Waals surface area (Å²) in [5.74, 6) is -0.773. The highest BCUT2D eigenvalue weighted by Crippen LogP contribution is 2.21. The van der Waals surface area contributed by atoms with Gasteiger partial charge >= 0.3 is 5.97 Å². The Bertz CT molecular complexity index is 276. The fraction of sp³-hybridized carbons (Fsp3) is 0.833. The number of rotatable bonds is 14. The van der Waals surface area contributed by atoms with E-state index in [9.17, 15) is 9.90 Å². The number of hydrogen-bond acceptors (Lipinski definition) is 1. The lowest BCUT2D eigenvalue weighted by Gasteiger charge is -2.16. The first kappa shape index (κ1) is 20.9. The van der Waals surface area contributed by atoms with Crippen LogP contribution in [0.2, 0.25) is 0 Å². The fourth-order valence-corrected chi connectivity index (χ4v) is 3.17. The molecule has 0 spiro atoms. The molecule has 0 saturated heterocycles. The predicted octanol–water partition coefficient (Wildman–Crippen LogP) is 6.58. The third-order valence-corrected chi connectivity index (χ3v) is 4.61. The van der Waals surface area contributed by atoms with E-state index in [2.05, 4.69) is 36.4 Å². The number of carboxylic acids is 1. The number of carbonyl (C=O) groups is 1. The summed E-state index contributed by atoms with van der Waals surface area (Å²) >= 11 is 2.10. The smallest absolute Gasteiger partial charge is 0.310 e. The standard InChI is InChI=1S/C18H33IO2/c1-3-4-5-6-7-8-9-10-11-12-13-16(2)17(14-15-19)18(20)21/h14-17H,3-13H2,1-2H3,(H,20,21). The molecule has 0 aliphatic heterocycles. The average molecular weight is 408 g/mol. The van der Waals surface area contributed by atoms with Crippen LogP contribution in [-0.4, -0.2) is 11.1 Å². The van der Waals surface area contributed by atoms with Crippen molar-refractivity contribution < 1.29 is 9.90 Å². The molecule has 2 nitrogen and oxygen atoms in total. The molecule has 1 N–H and O–H groups in total. The van der Waals surface area contributed by atoms with Gasteiger partial charge in [-0.3, -0.25) is 4.79 Å². The van der Waals surface area contributed by atoms with Crippen molar-refractivity contribution in [3.05, 3.63) is 10.2 Å². The highest BCUT2D eigenvalue weighted by Gasteiger charge is 2.20. The Morgan fingerprint density at radius 2 is 1.48 bits per heavy atom. The summed E-state index contributed by atoms with van der Waals surface area (Å²) in [4.78, 5) is 11.2. The van der Waals surface area contributed by atoms with E-state index in [-0.39, 0.29) is 11.8 Å². The Labute approximate surface area is 144 Å². The molecule has 0 radical (unpaired) electrons. The molecule has 0 aliphatic carbocycles. The molecular formula is C18H33IO2. The highest BCUT2D eigenvalue weighted by atomic mass is 127. The van der Waals surface area contributed by atoms with E-state index in [1.165, 1.54) is 57.8 Å². The minimum absolute atomic E-state index is 0.238. The maximum atomic E-state index is 11.2. The predicted molar refractivity (Wildman–Crippen MR) is 99.9 cm³/mol. The van der Waals surface area contributed by atoms with Gasteiger partial charge in [0.25, 0.3) is 0 Å². The first-order valence-corrected chi connectivity index (χ1v) is 9.87.